The van der Waals surface area contributed by atoms with Crippen molar-refractivity contribution in [1.82, 2.24) is 4.90 Å². The molecule has 3 rings (SSSR count). The Morgan fingerprint density at radius 2 is 1.52 bits per heavy atom. The lowest BCUT2D eigenvalue weighted by Gasteiger charge is -2.39. The van der Waals surface area contributed by atoms with Crippen molar-refractivity contribution in [2.45, 2.75) is 38.4 Å². The Kier molecular flexibility index (Phi) is 7.00. The van der Waals surface area contributed by atoms with Gasteiger partial charge in [-0.3, -0.25) is 0 Å². The van der Waals surface area contributed by atoms with Crippen LogP contribution in [0.5, 0.6) is 5.75 Å². The fourth-order valence-electron chi connectivity index (χ4n) is 3.19. The second-order valence-corrected chi connectivity index (χ2v) is 6.31. The van der Waals surface area contributed by atoms with Gasteiger partial charge in [0, 0.05) is 19.6 Å². The third-order valence-corrected chi connectivity index (χ3v) is 4.70. The number of likely N-dealkylation sites (tertiary alicyclic amines) is 1. The molecule has 3 N–H and O–H groups in total. The van der Waals surface area contributed by atoms with Crippen LogP contribution in [0.15, 0.2) is 54.6 Å². The highest BCUT2D eigenvalue weighted by molar-refractivity contribution is 5.27. The summed E-state index contributed by atoms with van der Waals surface area (Å²) in [5.74, 6) is 0.201. The molecule has 0 radical (unpaired) electrons. The van der Waals surface area contributed by atoms with Crippen molar-refractivity contribution in [3.05, 3.63) is 65.7 Å². The molecule has 1 heterocycles. The van der Waals surface area contributed by atoms with Crippen LogP contribution in [0, 0.1) is 0 Å². The monoisotopic (exact) mass is 343 g/mol. The standard InChI is InChI=1S/C19H23NO3.C2H6/c21-17-8-6-15(7-9-17)18(22)14-20-12-10-19(23,11-13-20)16-4-2-1-3-5-16;1-2/h1-9,18,21-23H,10-14H2;1-2H3. The molecule has 1 atom stereocenters. The van der Waals surface area contributed by atoms with E-state index in [9.17, 15) is 15.3 Å². The summed E-state index contributed by atoms with van der Waals surface area (Å²) < 4.78 is 0. The van der Waals surface area contributed by atoms with Crippen molar-refractivity contribution in [2.75, 3.05) is 19.6 Å². The predicted octanol–water partition coefficient (Wildman–Crippen LogP) is 3.44. The van der Waals surface area contributed by atoms with E-state index in [0.29, 0.717) is 19.4 Å². The number of nitrogens with zero attached hydrogens (tertiary/aromatic N) is 1. The normalized spacial score (nSPS) is 18.1. The second-order valence-electron chi connectivity index (χ2n) is 6.31. The molecule has 0 aromatic heterocycles. The molecular formula is C21H29NO3. The van der Waals surface area contributed by atoms with Crippen LogP contribution in [-0.4, -0.2) is 39.9 Å². The lowest BCUT2D eigenvalue weighted by Crippen LogP contribution is -2.43. The Bertz CT molecular complexity index is 619. The van der Waals surface area contributed by atoms with Gasteiger partial charge in [-0.2, -0.15) is 0 Å². The number of phenols is 1. The molecule has 2 aromatic carbocycles. The first-order chi connectivity index (χ1) is 12.1. The van der Waals surface area contributed by atoms with E-state index in [4.69, 9.17) is 0 Å². The van der Waals surface area contributed by atoms with Crippen molar-refractivity contribution >= 4 is 0 Å². The zero-order valence-corrected chi connectivity index (χ0v) is 15.1. The number of aliphatic hydroxyl groups is 2. The lowest BCUT2D eigenvalue weighted by atomic mass is 9.84. The van der Waals surface area contributed by atoms with Gasteiger partial charge in [-0.15, -0.1) is 0 Å². The van der Waals surface area contributed by atoms with Crippen molar-refractivity contribution in [3.63, 3.8) is 0 Å². The molecule has 136 valence electrons. The average molecular weight is 343 g/mol. The molecule has 1 saturated heterocycles. The van der Waals surface area contributed by atoms with Crippen LogP contribution < -0.4 is 0 Å². The number of hydrogen-bond donors (Lipinski definition) is 3. The molecule has 0 bridgehead atoms. The summed E-state index contributed by atoms with van der Waals surface area (Å²) in [6.45, 7) is 6.04. The molecule has 1 aliphatic rings. The van der Waals surface area contributed by atoms with Gasteiger partial charge in [-0.25, -0.2) is 0 Å². The zero-order chi connectivity index (χ0) is 18.3. The SMILES string of the molecule is CC.Oc1ccc(C(O)CN2CCC(O)(c3ccccc3)CC2)cc1. The molecular weight excluding hydrogens is 314 g/mol. The van der Waals surface area contributed by atoms with Gasteiger partial charge in [0.1, 0.15) is 5.75 Å². The second kappa shape index (κ2) is 8.99. The lowest BCUT2D eigenvalue weighted by molar-refractivity contribution is -0.0344. The molecule has 4 nitrogen and oxygen atoms in total. The van der Waals surface area contributed by atoms with E-state index in [1.165, 1.54) is 0 Å². The Morgan fingerprint density at radius 1 is 0.960 bits per heavy atom. The van der Waals surface area contributed by atoms with Crippen LogP contribution in [0.25, 0.3) is 0 Å². The van der Waals surface area contributed by atoms with Crippen molar-refractivity contribution < 1.29 is 15.3 Å². The maximum atomic E-state index is 10.8. The quantitative estimate of drug-likeness (QED) is 0.796. The van der Waals surface area contributed by atoms with Gasteiger partial charge in [0.15, 0.2) is 0 Å². The molecule has 1 unspecified atom stereocenters. The summed E-state index contributed by atoms with van der Waals surface area (Å²) in [6.07, 6.45) is 0.747. The number of aromatic hydroxyl groups is 1. The highest BCUT2D eigenvalue weighted by Crippen LogP contribution is 2.33. The summed E-state index contributed by atoms with van der Waals surface area (Å²) >= 11 is 0. The predicted molar refractivity (Wildman–Crippen MR) is 100 cm³/mol. The molecule has 0 aliphatic carbocycles. The smallest absolute Gasteiger partial charge is 0.115 e. The third-order valence-electron chi connectivity index (χ3n) is 4.70. The van der Waals surface area contributed by atoms with Crippen LogP contribution in [0.4, 0.5) is 0 Å². The van der Waals surface area contributed by atoms with Crippen LogP contribution in [0.2, 0.25) is 0 Å². The minimum absolute atomic E-state index is 0.201. The van der Waals surface area contributed by atoms with E-state index in [2.05, 4.69) is 4.90 Å². The van der Waals surface area contributed by atoms with E-state index < -0.39 is 11.7 Å². The van der Waals surface area contributed by atoms with E-state index in [1.807, 2.05) is 44.2 Å². The number of β-amino-alcohol motifs (C(OH)–C–C–N with tert-alkyl or cyclic N) is 1. The third kappa shape index (κ3) is 5.05. The highest BCUT2D eigenvalue weighted by Gasteiger charge is 2.34. The van der Waals surface area contributed by atoms with Crippen molar-refractivity contribution in [1.29, 1.82) is 0 Å². The fraction of sp³-hybridized carbons (Fsp3) is 0.429. The van der Waals surface area contributed by atoms with Gasteiger partial charge in [0.05, 0.1) is 11.7 Å². The number of hydrogen-bond acceptors (Lipinski definition) is 4. The van der Waals surface area contributed by atoms with E-state index in [0.717, 1.165) is 24.2 Å². The molecule has 0 spiro atoms. The van der Waals surface area contributed by atoms with Gasteiger partial charge in [-0.1, -0.05) is 56.3 Å². The van der Waals surface area contributed by atoms with Gasteiger partial charge < -0.3 is 20.2 Å². The Labute approximate surface area is 150 Å². The van der Waals surface area contributed by atoms with Crippen molar-refractivity contribution in [2.24, 2.45) is 0 Å². The largest absolute Gasteiger partial charge is 0.508 e. The minimum Gasteiger partial charge on any atom is -0.508 e. The maximum Gasteiger partial charge on any atom is 0.115 e. The van der Waals surface area contributed by atoms with Crippen LogP contribution in [-0.2, 0) is 5.60 Å². The zero-order valence-electron chi connectivity index (χ0n) is 15.1. The molecule has 0 amide bonds. The molecule has 1 aliphatic heterocycles. The number of rotatable bonds is 4. The van der Waals surface area contributed by atoms with Gasteiger partial charge in [-0.05, 0) is 36.1 Å². The van der Waals surface area contributed by atoms with E-state index in [-0.39, 0.29) is 5.75 Å². The molecule has 4 heteroatoms. The first-order valence-electron chi connectivity index (χ1n) is 9.04. The Balaban J connectivity index is 0.00000109. The summed E-state index contributed by atoms with van der Waals surface area (Å²) in [5.41, 5.74) is 1.01. The summed E-state index contributed by atoms with van der Waals surface area (Å²) in [4.78, 5) is 2.18. The van der Waals surface area contributed by atoms with Crippen LogP contribution in [0.1, 0.15) is 43.9 Å². The summed E-state index contributed by atoms with van der Waals surface area (Å²) in [7, 11) is 0. The topological polar surface area (TPSA) is 63.9 Å². The first-order valence-corrected chi connectivity index (χ1v) is 9.04. The van der Waals surface area contributed by atoms with Gasteiger partial charge in [0.25, 0.3) is 0 Å². The fourth-order valence-corrected chi connectivity index (χ4v) is 3.19. The molecule has 2 aromatic rings. The van der Waals surface area contributed by atoms with E-state index >= 15 is 0 Å². The van der Waals surface area contributed by atoms with Crippen LogP contribution in [0.3, 0.4) is 0 Å². The molecule has 25 heavy (non-hydrogen) atoms. The summed E-state index contributed by atoms with van der Waals surface area (Å²) in [5, 5.41) is 30.5. The van der Waals surface area contributed by atoms with Gasteiger partial charge >= 0.3 is 0 Å². The number of phenolic OH excluding ortho intramolecular Hbond substituents is 1. The van der Waals surface area contributed by atoms with Crippen molar-refractivity contribution in [3.8, 4) is 5.75 Å². The molecule has 1 fully saturated rings. The number of benzene rings is 2. The first kappa shape index (κ1) is 19.4. The highest BCUT2D eigenvalue weighted by atomic mass is 16.3. The van der Waals surface area contributed by atoms with E-state index in [1.54, 1.807) is 24.3 Å². The number of piperidine rings is 1. The van der Waals surface area contributed by atoms with Crippen LogP contribution >= 0.6 is 0 Å². The Morgan fingerprint density at radius 3 is 2.08 bits per heavy atom. The minimum atomic E-state index is -0.763. The summed E-state index contributed by atoms with van der Waals surface area (Å²) in [6, 6.07) is 16.5. The molecule has 0 saturated carbocycles. The number of aliphatic hydroxyl groups excluding tert-OH is 1. The Hall–Kier alpha value is -1.88. The average Bonchev–Trinajstić information content (AvgIpc) is 2.66. The maximum absolute atomic E-state index is 10.8. The van der Waals surface area contributed by atoms with Gasteiger partial charge in [0.2, 0.25) is 0 Å².